The number of rotatable bonds is 4. The molecule has 2 heteroatoms. The molecule has 1 unspecified atom stereocenters. The van der Waals surface area contributed by atoms with Crippen molar-refractivity contribution < 1.29 is 5.11 Å². The zero-order chi connectivity index (χ0) is 7.98. The topological polar surface area (TPSA) is 23.5 Å². The van der Waals surface area contributed by atoms with E-state index in [0.717, 1.165) is 13.1 Å². The van der Waals surface area contributed by atoms with E-state index in [1.165, 1.54) is 0 Å². The van der Waals surface area contributed by atoms with Crippen molar-refractivity contribution in [3.63, 3.8) is 0 Å². The molecular weight excluding hydrogens is 126 g/mol. The summed E-state index contributed by atoms with van der Waals surface area (Å²) in [5, 5.41) is 8.96. The van der Waals surface area contributed by atoms with E-state index in [2.05, 4.69) is 11.0 Å². The Balaban J connectivity index is 3.33. The van der Waals surface area contributed by atoms with Crippen LogP contribution < -0.4 is 0 Å². The molecule has 0 amide bonds. The van der Waals surface area contributed by atoms with Crippen molar-refractivity contribution in [2.24, 2.45) is 0 Å². The predicted octanol–water partition coefficient (Wildman–Crippen LogP) is 0.875. The summed E-state index contributed by atoms with van der Waals surface area (Å²) in [6, 6.07) is 0. The molecule has 0 rings (SSSR count). The molecule has 0 aromatic heterocycles. The second-order valence-electron chi connectivity index (χ2n) is 2.64. The summed E-state index contributed by atoms with van der Waals surface area (Å²) in [5.74, 6) is 0. The fraction of sp³-hybridized carbons (Fsp3) is 0.750. The van der Waals surface area contributed by atoms with E-state index in [-0.39, 0.29) is 6.10 Å². The minimum atomic E-state index is -0.227. The first-order chi connectivity index (χ1) is 4.66. The summed E-state index contributed by atoms with van der Waals surface area (Å²) >= 11 is 0. The average molecular weight is 143 g/mol. The normalized spacial score (nSPS) is 14.9. The second-order valence-corrected chi connectivity index (χ2v) is 2.64. The van der Waals surface area contributed by atoms with E-state index >= 15 is 0 Å². The number of allylic oxidation sites excluding steroid dienone is 1. The Hall–Kier alpha value is -0.340. The Morgan fingerprint density at radius 3 is 2.60 bits per heavy atom. The molecule has 0 aliphatic carbocycles. The molecule has 10 heavy (non-hydrogen) atoms. The molecule has 2 nitrogen and oxygen atoms in total. The third-order valence-corrected chi connectivity index (χ3v) is 1.23. The van der Waals surface area contributed by atoms with Gasteiger partial charge in [0.15, 0.2) is 0 Å². The largest absolute Gasteiger partial charge is 0.392 e. The number of hydrogen-bond donors (Lipinski definition) is 1. The second kappa shape index (κ2) is 5.45. The minimum Gasteiger partial charge on any atom is -0.392 e. The zero-order valence-electron chi connectivity index (χ0n) is 7.04. The van der Waals surface area contributed by atoms with Crippen LogP contribution in [-0.4, -0.2) is 36.2 Å². The Labute approximate surface area is 63.2 Å². The van der Waals surface area contributed by atoms with E-state index < -0.39 is 0 Å². The number of aliphatic hydroxyl groups is 1. The molecule has 0 bridgehead atoms. The van der Waals surface area contributed by atoms with Gasteiger partial charge in [-0.05, 0) is 20.9 Å². The predicted molar refractivity (Wildman–Crippen MR) is 44.0 cm³/mol. The summed E-state index contributed by atoms with van der Waals surface area (Å²) in [5.41, 5.74) is 0. The van der Waals surface area contributed by atoms with E-state index in [1.54, 1.807) is 6.92 Å². The highest BCUT2D eigenvalue weighted by Gasteiger charge is 1.98. The van der Waals surface area contributed by atoms with Gasteiger partial charge in [0, 0.05) is 13.1 Å². The molecule has 1 N–H and O–H groups in total. The summed E-state index contributed by atoms with van der Waals surface area (Å²) < 4.78 is 0. The fourth-order valence-corrected chi connectivity index (χ4v) is 0.811. The van der Waals surface area contributed by atoms with Crippen LogP contribution in [-0.2, 0) is 0 Å². The number of nitrogens with zero attached hydrogens (tertiary/aromatic N) is 1. The lowest BCUT2D eigenvalue weighted by molar-refractivity contribution is 0.147. The van der Waals surface area contributed by atoms with E-state index in [4.69, 9.17) is 5.11 Å². The summed E-state index contributed by atoms with van der Waals surface area (Å²) in [6.07, 6.45) is 3.86. The van der Waals surface area contributed by atoms with Crippen LogP contribution in [0.5, 0.6) is 0 Å². The van der Waals surface area contributed by atoms with Crippen LogP contribution in [0.4, 0.5) is 0 Å². The molecule has 0 saturated heterocycles. The third kappa shape index (κ3) is 5.79. The van der Waals surface area contributed by atoms with Gasteiger partial charge in [-0.25, -0.2) is 0 Å². The molecule has 0 aliphatic rings. The van der Waals surface area contributed by atoms with Crippen molar-refractivity contribution in [3.05, 3.63) is 12.2 Å². The van der Waals surface area contributed by atoms with Crippen LogP contribution >= 0.6 is 0 Å². The molecule has 0 aromatic rings. The Kier molecular flexibility index (Phi) is 5.26. The standard InChI is InChI=1S/C8H17NO/c1-4-5-6-9(3)7-8(2)10/h4-5,8,10H,6-7H2,1-3H3. The van der Waals surface area contributed by atoms with Gasteiger partial charge in [0.2, 0.25) is 0 Å². The van der Waals surface area contributed by atoms with Gasteiger partial charge in [0.05, 0.1) is 6.10 Å². The fourth-order valence-electron chi connectivity index (χ4n) is 0.811. The molecule has 60 valence electrons. The molecule has 0 heterocycles. The van der Waals surface area contributed by atoms with Gasteiger partial charge in [0.1, 0.15) is 0 Å². The summed E-state index contributed by atoms with van der Waals surface area (Å²) in [4.78, 5) is 2.07. The first kappa shape index (κ1) is 9.66. The van der Waals surface area contributed by atoms with Gasteiger partial charge in [-0.15, -0.1) is 0 Å². The summed E-state index contributed by atoms with van der Waals surface area (Å²) in [7, 11) is 1.99. The van der Waals surface area contributed by atoms with Crippen LogP contribution in [0.25, 0.3) is 0 Å². The minimum absolute atomic E-state index is 0.227. The van der Waals surface area contributed by atoms with E-state index in [9.17, 15) is 0 Å². The van der Waals surface area contributed by atoms with E-state index in [0.29, 0.717) is 0 Å². The van der Waals surface area contributed by atoms with Crippen molar-refractivity contribution in [3.8, 4) is 0 Å². The van der Waals surface area contributed by atoms with Crippen LogP contribution in [0.15, 0.2) is 12.2 Å². The molecule has 0 spiro atoms. The molecule has 0 radical (unpaired) electrons. The lowest BCUT2D eigenvalue weighted by Gasteiger charge is -2.15. The highest BCUT2D eigenvalue weighted by atomic mass is 16.3. The zero-order valence-corrected chi connectivity index (χ0v) is 7.04. The van der Waals surface area contributed by atoms with Crippen molar-refractivity contribution in [1.82, 2.24) is 4.90 Å². The van der Waals surface area contributed by atoms with Crippen molar-refractivity contribution in [2.75, 3.05) is 20.1 Å². The van der Waals surface area contributed by atoms with Crippen molar-refractivity contribution in [2.45, 2.75) is 20.0 Å². The lowest BCUT2D eigenvalue weighted by Crippen LogP contribution is -2.27. The van der Waals surface area contributed by atoms with Crippen LogP contribution in [0.3, 0.4) is 0 Å². The quantitative estimate of drug-likeness (QED) is 0.590. The van der Waals surface area contributed by atoms with Crippen LogP contribution in [0, 0.1) is 0 Å². The van der Waals surface area contributed by atoms with Gasteiger partial charge >= 0.3 is 0 Å². The average Bonchev–Trinajstić information content (AvgIpc) is 1.82. The highest BCUT2D eigenvalue weighted by Crippen LogP contribution is 1.87. The first-order valence-corrected chi connectivity index (χ1v) is 3.64. The maximum atomic E-state index is 8.96. The van der Waals surface area contributed by atoms with Crippen molar-refractivity contribution in [1.29, 1.82) is 0 Å². The van der Waals surface area contributed by atoms with E-state index in [1.807, 2.05) is 20.0 Å². The van der Waals surface area contributed by atoms with Gasteiger partial charge < -0.3 is 10.0 Å². The lowest BCUT2D eigenvalue weighted by atomic mass is 10.3. The van der Waals surface area contributed by atoms with Crippen LogP contribution in [0.2, 0.25) is 0 Å². The number of likely N-dealkylation sites (N-methyl/N-ethyl adjacent to an activating group) is 1. The molecule has 0 fully saturated rings. The third-order valence-electron chi connectivity index (χ3n) is 1.23. The van der Waals surface area contributed by atoms with Gasteiger partial charge in [-0.2, -0.15) is 0 Å². The SMILES string of the molecule is CC=CCN(C)CC(C)O. The highest BCUT2D eigenvalue weighted by molar-refractivity contribution is 4.80. The van der Waals surface area contributed by atoms with Gasteiger partial charge in [-0.3, -0.25) is 0 Å². The maximum absolute atomic E-state index is 8.96. The Morgan fingerprint density at radius 2 is 2.20 bits per heavy atom. The Bertz CT molecular complexity index is 99.4. The smallest absolute Gasteiger partial charge is 0.0639 e. The number of hydrogen-bond acceptors (Lipinski definition) is 2. The maximum Gasteiger partial charge on any atom is 0.0639 e. The van der Waals surface area contributed by atoms with Crippen LogP contribution in [0.1, 0.15) is 13.8 Å². The van der Waals surface area contributed by atoms with Crippen molar-refractivity contribution >= 4 is 0 Å². The van der Waals surface area contributed by atoms with Gasteiger partial charge in [0.25, 0.3) is 0 Å². The first-order valence-electron chi connectivity index (χ1n) is 3.64. The number of aliphatic hydroxyl groups excluding tert-OH is 1. The molecule has 0 saturated carbocycles. The molecule has 0 aromatic carbocycles. The molecule has 0 aliphatic heterocycles. The molecular formula is C8H17NO. The monoisotopic (exact) mass is 143 g/mol. The Morgan fingerprint density at radius 1 is 1.60 bits per heavy atom. The molecule has 1 atom stereocenters. The summed E-state index contributed by atoms with van der Waals surface area (Å²) in [6.45, 7) is 5.45. The van der Waals surface area contributed by atoms with Gasteiger partial charge in [-0.1, -0.05) is 12.2 Å².